The second-order valence-electron chi connectivity index (χ2n) is 7.23. The van der Waals surface area contributed by atoms with Crippen LogP contribution in [0, 0.1) is 36.5 Å². The fourth-order valence-electron chi connectivity index (χ4n) is 3.58. The Morgan fingerprint density at radius 3 is 2.79 bits per heavy atom. The Kier molecular flexibility index (Phi) is 6.90. The lowest BCUT2D eigenvalue weighted by atomic mass is 9.95. The SMILES string of the molecule is Cc1cccc(N(CCC#N)C(=O)CSc2nc3c(cc2C#N)CCCC3)c1C. The minimum atomic E-state index is -0.0811. The monoisotopic (exact) mass is 404 g/mol. The normalized spacial score (nSPS) is 12.6. The van der Waals surface area contributed by atoms with E-state index in [2.05, 4.69) is 12.1 Å². The first-order chi connectivity index (χ1) is 14.0. The molecular weight excluding hydrogens is 380 g/mol. The number of nitriles is 2. The number of pyridine rings is 1. The van der Waals surface area contributed by atoms with E-state index in [4.69, 9.17) is 10.2 Å². The summed E-state index contributed by atoms with van der Waals surface area (Å²) in [5.41, 5.74) is 5.74. The highest BCUT2D eigenvalue weighted by molar-refractivity contribution is 8.00. The number of rotatable bonds is 6. The number of aromatic nitrogens is 1. The number of benzene rings is 1. The molecule has 0 saturated carbocycles. The van der Waals surface area contributed by atoms with Crippen LogP contribution in [0.5, 0.6) is 0 Å². The third-order valence-electron chi connectivity index (χ3n) is 5.33. The third kappa shape index (κ3) is 4.78. The maximum Gasteiger partial charge on any atom is 0.237 e. The first kappa shape index (κ1) is 20.9. The van der Waals surface area contributed by atoms with E-state index >= 15 is 0 Å². The molecule has 1 amide bonds. The molecule has 1 aromatic heterocycles. The van der Waals surface area contributed by atoms with E-state index in [0.29, 0.717) is 17.1 Å². The van der Waals surface area contributed by atoms with Gasteiger partial charge in [-0.05, 0) is 68.4 Å². The van der Waals surface area contributed by atoms with Crippen molar-refractivity contribution >= 4 is 23.4 Å². The summed E-state index contributed by atoms with van der Waals surface area (Å²) in [5.74, 6) is 0.0987. The summed E-state index contributed by atoms with van der Waals surface area (Å²) in [6, 6.07) is 12.1. The maximum atomic E-state index is 13.1. The Morgan fingerprint density at radius 2 is 2.03 bits per heavy atom. The van der Waals surface area contributed by atoms with Crippen LogP contribution in [-0.2, 0) is 17.6 Å². The van der Waals surface area contributed by atoms with Gasteiger partial charge in [-0.1, -0.05) is 23.9 Å². The van der Waals surface area contributed by atoms with Crippen LogP contribution in [-0.4, -0.2) is 23.2 Å². The molecule has 1 aromatic carbocycles. The molecule has 3 rings (SSSR count). The molecule has 0 saturated heterocycles. The van der Waals surface area contributed by atoms with Crippen molar-refractivity contribution in [3.63, 3.8) is 0 Å². The number of aryl methyl sites for hydroxylation is 3. The van der Waals surface area contributed by atoms with E-state index in [1.54, 1.807) is 4.90 Å². The molecule has 0 unspecified atom stereocenters. The summed E-state index contributed by atoms with van der Waals surface area (Å²) in [5, 5.41) is 19.2. The number of hydrogen-bond donors (Lipinski definition) is 0. The smallest absolute Gasteiger partial charge is 0.237 e. The molecule has 0 N–H and O–H groups in total. The van der Waals surface area contributed by atoms with Gasteiger partial charge < -0.3 is 4.90 Å². The van der Waals surface area contributed by atoms with Gasteiger partial charge in [0.25, 0.3) is 0 Å². The molecule has 1 aliphatic carbocycles. The van der Waals surface area contributed by atoms with Crippen LogP contribution in [0.1, 0.15) is 47.2 Å². The van der Waals surface area contributed by atoms with E-state index in [1.807, 2.05) is 38.1 Å². The Morgan fingerprint density at radius 1 is 1.24 bits per heavy atom. The zero-order valence-corrected chi connectivity index (χ0v) is 17.7. The Balaban J connectivity index is 1.81. The number of anilines is 1. The minimum Gasteiger partial charge on any atom is -0.310 e. The van der Waals surface area contributed by atoms with E-state index in [9.17, 15) is 10.1 Å². The average molecular weight is 405 g/mol. The number of hydrogen-bond acceptors (Lipinski definition) is 5. The van der Waals surface area contributed by atoms with E-state index in [-0.39, 0.29) is 18.1 Å². The fraction of sp³-hybridized carbons (Fsp3) is 0.391. The Hall–Kier alpha value is -2.83. The van der Waals surface area contributed by atoms with E-state index in [0.717, 1.165) is 53.8 Å². The number of nitrogens with zero attached hydrogens (tertiary/aromatic N) is 4. The first-order valence-corrected chi connectivity index (χ1v) is 10.8. The van der Waals surface area contributed by atoms with Gasteiger partial charge in [-0.25, -0.2) is 4.98 Å². The van der Waals surface area contributed by atoms with Crippen molar-refractivity contribution in [2.45, 2.75) is 51.0 Å². The van der Waals surface area contributed by atoms with Gasteiger partial charge >= 0.3 is 0 Å². The van der Waals surface area contributed by atoms with Crippen LogP contribution >= 0.6 is 11.8 Å². The van der Waals surface area contributed by atoms with Crippen LogP contribution in [0.3, 0.4) is 0 Å². The number of amides is 1. The van der Waals surface area contributed by atoms with Crippen molar-refractivity contribution in [2.75, 3.05) is 17.2 Å². The highest BCUT2D eigenvalue weighted by atomic mass is 32.2. The molecule has 0 fully saturated rings. The number of carbonyl (C=O) groups excluding carboxylic acids is 1. The van der Waals surface area contributed by atoms with E-state index in [1.165, 1.54) is 11.8 Å². The quantitative estimate of drug-likeness (QED) is 0.663. The molecule has 1 heterocycles. The second-order valence-corrected chi connectivity index (χ2v) is 8.19. The van der Waals surface area contributed by atoms with Gasteiger partial charge in [-0.15, -0.1) is 0 Å². The van der Waals surface area contributed by atoms with E-state index < -0.39 is 0 Å². The number of thioether (sulfide) groups is 1. The molecule has 0 radical (unpaired) electrons. The summed E-state index contributed by atoms with van der Waals surface area (Å²) in [4.78, 5) is 19.4. The van der Waals surface area contributed by atoms with Crippen molar-refractivity contribution in [3.05, 3.63) is 52.2 Å². The highest BCUT2D eigenvalue weighted by Crippen LogP contribution is 2.29. The summed E-state index contributed by atoms with van der Waals surface area (Å²) in [6.45, 7) is 4.35. The molecule has 5 nitrogen and oxygen atoms in total. The van der Waals surface area contributed by atoms with Crippen LogP contribution in [0.4, 0.5) is 5.69 Å². The van der Waals surface area contributed by atoms with Crippen LogP contribution in [0.25, 0.3) is 0 Å². The average Bonchev–Trinajstić information content (AvgIpc) is 2.74. The van der Waals surface area contributed by atoms with Crippen molar-refractivity contribution in [3.8, 4) is 12.1 Å². The van der Waals surface area contributed by atoms with Gasteiger partial charge in [0.05, 0.1) is 23.8 Å². The lowest BCUT2D eigenvalue weighted by Gasteiger charge is -2.24. The molecule has 0 atom stereocenters. The van der Waals surface area contributed by atoms with Crippen LogP contribution < -0.4 is 4.90 Å². The van der Waals surface area contributed by atoms with Gasteiger partial charge in [-0.3, -0.25) is 4.79 Å². The molecule has 29 heavy (non-hydrogen) atoms. The van der Waals surface area contributed by atoms with Crippen LogP contribution in [0.15, 0.2) is 29.3 Å². The predicted octanol–water partition coefficient (Wildman–Crippen LogP) is 4.49. The Bertz CT molecular complexity index is 1000. The van der Waals surface area contributed by atoms with Crippen molar-refractivity contribution in [1.82, 2.24) is 4.98 Å². The lowest BCUT2D eigenvalue weighted by molar-refractivity contribution is -0.116. The highest BCUT2D eigenvalue weighted by Gasteiger charge is 2.21. The standard InChI is InChI=1S/C23H24N4OS/c1-16-7-5-10-21(17(16)2)27(12-6-11-24)22(28)15-29-23-19(14-25)13-18-8-3-4-9-20(18)26-23/h5,7,10,13H,3-4,6,8-9,12,15H2,1-2H3. The molecule has 148 valence electrons. The van der Waals surface area contributed by atoms with Crippen molar-refractivity contribution in [1.29, 1.82) is 10.5 Å². The predicted molar refractivity (Wildman–Crippen MR) is 115 cm³/mol. The zero-order valence-electron chi connectivity index (χ0n) is 16.9. The summed E-state index contributed by atoms with van der Waals surface area (Å²) < 4.78 is 0. The first-order valence-electron chi connectivity index (χ1n) is 9.84. The Labute approximate surface area is 176 Å². The molecule has 1 aliphatic rings. The topological polar surface area (TPSA) is 80.8 Å². The maximum absolute atomic E-state index is 13.1. The van der Waals surface area contributed by atoms with Crippen LogP contribution in [0.2, 0.25) is 0 Å². The molecule has 2 aromatic rings. The molecule has 0 spiro atoms. The molecule has 0 bridgehead atoms. The van der Waals surface area contributed by atoms with Gasteiger partial charge in [0.15, 0.2) is 0 Å². The third-order valence-corrected chi connectivity index (χ3v) is 6.31. The minimum absolute atomic E-state index is 0.0811. The second kappa shape index (κ2) is 9.58. The lowest BCUT2D eigenvalue weighted by Crippen LogP contribution is -2.34. The van der Waals surface area contributed by atoms with Gasteiger partial charge in [0, 0.05) is 17.9 Å². The summed E-state index contributed by atoms with van der Waals surface area (Å²) >= 11 is 1.31. The van der Waals surface area contributed by atoms with Crippen molar-refractivity contribution < 1.29 is 4.79 Å². The zero-order chi connectivity index (χ0) is 20.8. The van der Waals surface area contributed by atoms with Gasteiger partial charge in [-0.2, -0.15) is 10.5 Å². The number of fused-ring (bicyclic) bond motifs is 1. The van der Waals surface area contributed by atoms with Gasteiger partial charge in [0.2, 0.25) is 5.91 Å². The molecule has 6 heteroatoms. The van der Waals surface area contributed by atoms with Crippen molar-refractivity contribution in [2.24, 2.45) is 0 Å². The largest absolute Gasteiger partial charge is 0.310 e. The fourth-order valence-corrected chi connectivity index (χ4v) is 4.43. The summed E-state index contributed by atoms with van der Waals surface area (Å²) in [7, 11) is 0. The summed E-state index contributed by atoms with van der Waals surface area (Å²) in [6.07, 6.45) is 4.41. The van der Waals surface area contributed by atoms with Gasteiger partial charge in [0.1, 0.15) is 11.1 Å². The number of carbonyl (C=O) groups is 1. The molecular formula is C23H24N4OS. The molecule has 0 aliphatic heterocycles.